The Balaban J connectivity index is 2.04. The first kappa shape index (κ1) is 19.9. The number of carbonyl (C=O) groups excluding carboxylic acids is 1. The molecule has 0 unspecified atom stereocenters. The van der Waals surface area contributed by atoms with Crippen LogP contribution in [0.5, 0.6) is 0 Å². The molecular weight excluding hydrogens is 350 g/mol. The lowest BCUT2D eigenvalue weighted by atomic mass is 9.95. The van der Waals surface area contributed by atoms with E-state index in [1.165, 1.54) is 17.7 Å². The number of benzene rings is 1. The summed E-state index contributed by atoms with van der Waals surface area (Å²) in [7, 11) is 1.70. The number of pyridine rings is 1. The first-order valence-corrected chi connectivity index (χ1v) is 10.1. The molecule has 146 valence electrons. The minimum atomic E-state index is -0.282. The number of aromatic nitrogens is 1. The van der Waals surface area contributed by atoms with Gasteiger partial charge in [0.1, 0.15) is 5.56 Å². The second-order valence-corrected chi connectivity index (χ2v) is 7.36. The molecule has 1 aromatic heterocycles. The highest BCUT2D eigenvalue weighted by molar-refractivity contribution is 6.05. The van der Waals surface area contributed by atoms with Crippen molar-refractivity contribution < 1.29 is 4.79 Å². The Morgan fingerprint density at radius 3 is 2.57 bits per heavy atom. The molecule has 5 nitrogen and oxygen atoms in total. The SMILES string of the molecule is CN(C(=O)c1cc2c(n(CCCC#N)c1=O)CCCCCC2)c1ccccc1. The molecule has 1 heterocycles. The molecular formula is C23H27N3O2. The first-order chi connectivity index (χ1) is 13.6. The molecule has 0 atom stereocenters. The van der Waals surface area contributed by atoms with Gasteiger partial charge in [0.15, 0.2) is 0 Å². The summed E-state index contributed by atoms with van der Waals surface area (Å²) < 4.78 is 1.77. The van der Waals surface area contributed by atoms with Gasteiger partial charge in [-0.3, -0.25) is 9.59 Å². The van der Waals surface area contributed by atoms with E-state index in [0.29, 0.717) is 19.4 Å². The Morgan fingerprint density at radius 2 is 1.86 bits per heavy atom. The highest BCUT2D eigenvalue weighted by Crippen LogP contribution is 2.22. The van der Waals surface area contributed by atoms with Gasteiger partial charge in [-0.05, 0) is 55.9 Å². The van der Waals surface area contributed by atoms with E-state index in [1.54, 1.807) is 11.6 Å². The zero-order valence-electron chi connectivity index (χ0n) is 16.5. The molecule has 0 fully saturated rings. The summed E-state index contributed by atoms with van der Waals surface area (Å²) in [5.41, 5.74) is 2.92. The van der Waals surface area contributed by atoms with Gasteiger partial charge < -0.3 is 9.47 Å². The summed E-state index contributed by atoms with van der Waals surface area (Å²) in [6, 6.07) is 13.3. The fourth-order valence-electron chi connectivity index (χ4n) is 3.89. The highest BCUT2D eigenvalue weighted by atomic mass is 16.2. The minimum Gasteiger partial charge on any atom is -0.312 e. The fraction of sp³-hybridized carbons (Fsp3) is 0.435. The maximum atomic E-state index is 13.2. The molecule has 5 heteroatoms. The van der Waals surface area contributed by atoms with Gasteiger partial charge in [0.25, 0.3) is 11.5 Å². The topological polar surface area (TPSA) is 66.1 Å². The van der Waals surface area contributed by atoms with Crippen molar-refractivity contribution in [1.82, 2.24) is 4.57 Å². The van der Waals surface area contributed by atoms with Crippen molar-refractivity contribution >= 4 is 11.6 Å². The molecule has 1 aliphatic rings. The molecule has 3 rings (SSSR count). The number of nitrogens with zero attached hydrogens (tertiary/aromatic N) is 3. The summed E-state index contributed by atoms with van der Waals surface area (Å²) in [6.45, 7) is 0.491. The third-order valence-corrected chi connectivity index (χ3v) is 5.45. The largest absolute Gasteiger partial charge is 0.312 e. The van der Waals surface area contributed by atoms with Gasteiger partial charge in [-0.2, -0.15) is 5.26 Å². The maximum absolute atomic E-state index is 13.2. The summed E-state index contributed by atoms with van der Waals surface area (Å²) in [4.78, 5) is 27.9. The Kier molecular flexibility index (Phi) is 6.65. The number of hydrogen-bond donors (Lipinski definition) is 0. The number of fused-ring (bicyclic) bond motifs is 1. The van der Waals surface area contributed by atoms with Crippen molar-refractivity contribution in [2.24, 2.45) is 0 Å². The van der Waals surface area contributed by atoms with Crippen LogP contribution in [-0.2, 0) is 19.4 Å². The summed E-state index contributed by atoms with van der Waals surface area (Å²) in [5.74, 6) is -0.282. The van der Waals surface area contributed by atoms with E-state index in [9.17, 15) is 9.59 Å². The molecule has 1 amide bonds. The lowest BCUT2D eigenvalue weighted by Gasteiger charge is -2.23. The van der Waals surface area contributed by atoms with Crippen molar-refractivity contribution in [3.05, 3.63) is 63.6 Å². The van der Waals surface area contributed by atoms with Gasteiger partial charge >= 0.3 is 0 Å². The van der Waals surface area contributed by atoms with Crippen LogP contribution in [0.2, 0.25) is 0 Å². The number of rotatable bonds is 5. The molecule has 28 heavy (non-hydrogen) atoms. The number of amides is 1. The molecule has 0 spiro atoms. The van der Waals surface area contributed by atoms with Crippen molar-refractivity contribution in [2.75, 3.05) is 11.9 Å². The van der Waals surface area contributed by atoms with Gasteiger partial charge in [-0.1, -0.05) is 31.0 Å². The van der Waals surface area contributed by atoms with Crippen molar-refractivity contribution in [3.63, 3.8) is 0 Å². The second-order valence-electron chi connectivity index (χ2n) is 7.36. The Hall–Kier alpha value is -2.87. The fourth-order valence-corrected chi connectivity index (χ4v) is 3.89. The normalized spacial score (nSPS) is 13.7. The molecule has 0 radical (unpaired) electrons. The Labute approximate surface area is 166 Å². The van der Waals surface area contributed by atoms with Crippen LogP contribution >= 0.6 is 0 Å². The van der Waals surface area contributed by atoms with Crippen LogP contribution < -0.4 is 10.5 Å². The Bertz CT molecular complexity index is 925. The van der Waals surface area contributed by atoms with Crippen molar-refractivity contribution in [2.45, 2.75) is 57.9 Å². The van der Waals surface area contributed by atoms with E-state index in [1.807, 2.05) is 36.4 Å². The zero-order chi connectivity index (χ0) is 19.9. The maximum Gasteiger partial charge on any atom is 0.263 e. The lowest BCUT2D eigenvalue weighted by Crippen LogP contribution is -2.36. The van der Waals surface area contributed by atoms with Gasteiger partial charge in [0.05, 0.1) is 6.07 Å². The summed E-state index contributed by atoms with van der Waals surface area (Å²) in [5, 5.41) is 8.88. The Morgan fingerprint density at radius 1 is 1.14 bits per heavy atom. The van der Waals surface area contributed by atoms with Crippen LogP contribution in [0.25, 0.3) is 0 Å². The van der Waals surface area contributed by atoms with Crippen LogP contribution in [0.1, 0.15) is 60.1 Å². The zero-order valence-corrected chi connectivity index (χ0v) is 16.5. The van der Waals surface area contributed by atoms with E-state index < -0.39 is 0 Å². The predicted octanol–water partition coefficient (Wildman–Crippen LogP) is 4.09. The van der Waals surface area contributed by atoms with Crippen LogP contribution in [0, 0.1) is 11.3 Å². The van der Waals surface area contributed by atoms with E-state index in [2.05, 4.69) is 6.07 Å². The molecule has 0 saturated carbocycles. The van der Waals surface area contributed by atoms with Crippen LogP contribution in [0.3, 0.4) is 0 Å². The molecule has 0 aliphatic heterocycles. The van der Waals surface area contributed by atoms with E-state index in [4.69, 9.17) is 5.26 Å². The van der Waals surface area contributed by atoms with E-state index >= 15 is 0 Å². The minimum absolute atomic E-state index is 0.225. The number of unbranched alkanes of at least 4 members (excludes halogenated alkanes) is 1. The monoisotopic (exact) mass is 377 g/mol. The summed E-state index contributed by atoms with van der Waals surface area (Å²) in [6.07, 6.45) is 7.26. The average Bonchev–Trinajstić information content (AvgIpc) is 2.70. The molecule has 0 saturated heterocycles. The predicted molar refractivity (Wildman–Crippen MR) is 111 cm³/mol. The van der Waals surface area contributed by atoms with Crippen molar-refractivity contribution in [3.8, 4) is 6.07 Å². The molecule has 0 bridgehead atoms. The molecule has 0 N–H and O–H groups in total. The van der Waals surface area contributed by atoms with E-state index in [-0.39, 0.29) is 17.0 Å². The van der Waals surface area contributed by atoms with Crippen LogP contribution in [0.4, 0.5) is 5.69 Å². The molecule has 1 aromatic carbocycles. The first-order valence-electron chi connectivity index (χ1n) is 10.1. The average molecular weight is 377 g/mol. The van der Waals surface area contributed by atoms with E-state index in [0.717, 1.165) is 42.6 Å². The van der Waals surface area contributed by atoms with Gasteiger partial charge in [-0.25, -0.2) is 0 Å². The van der Waals surface area contributed by atoms with Gasteiger partial charge in [0, 0.05) is 31.4 Å². The summed E-state index contributed by atoms with van der Waals surface area (Å²) >= 11 is 0. The van der Waals surface area contributed by atoms with Gasteiger partial charge in [-0.15, -0.1) is 0 Å². The van der Waals surface area contributed by atoms with Crippen molar-refractivity contribution in [1.29, 1.82) is 5.26 Å². The molecule has 1 aliphatic carbocycles. The van der Waals surface area contributed by atoms with Crippen LogP contribution in [0.15, 0.2) is 41.2 Å². The third kappa shape index (κ3) is 4.33. The number of anilines is 1. The quantitative estimate of drug-likeness (QED) is 0.737. The standard InChI is InChI=1S/C23H27N3O2/c1-25(19-12-6-4-7-13-19)22(27)20-17-18-11-5-2-3-8-14-21(18)26(23(20)28)16-10-9-15-24/h4,6-7,12-13,17H,2-3,5,8-11,14,16H2,1H3. The smallest absolute Gasteiger partial charge is 0.263 e. The van der Waals surface area contributed by atoms with Crippen LogP contribution in [-0.4, -0.2) is 17.5 Å². The molecule has 2 aromatic rings. The number of aryl methyl sites for hydroxylation is 1. The van der Waals surface area contributed by atoms with Gasteiger partial charge in [0.2, 0.25) is 0 Å². The number of nitriles is 1. The lowest BCUT2D eigenvalue weighted by molar-refractivity contribution is 0.0990. The number of para-hydroxylation sites is 1. The highest BCUT2D eigenvalue weighted by Gasteiger charge is 2.22. The number of carbonyl (C=O) groups is 1. The number of hydrogen-bond acceptors (Lipinski definition) is 3. The second kappa shape index (κ2) is 9.36. The third-order valence-electron chi connectivity index (χ3n) is 5.45.